The van der Waals surface area contributed by atoms with Crippen LogP contribution in [0.2, 0.25) is 0 Å². The summed E-state index contributed by atoms with van der Waals surface area (Å²) in [5.74, 6) is 0.0562. The molecule has 0 aliphatic heterocycles. The first-order valence-electron chi connectivity index (χ1n) is 8.25. The van der Waals surface area contributed by atoms with E-state index < -0.39 is 0 Å². The summed E-state index contributed by atoms with van der Waals surface area (Å²) in [6.07, 6.45) is 1.56. The third kappa shape index (κ3) is 3.60. The lowest BCUT2D eigenvalue weighted by atomic mass is 9.86. The van der Waals surface area contributed by atoms with Gasteiger partial charge < -0.3 is 11.5 Å². The van der Waals surface area contributed by atoms with Crippen molar-refractivity contribution in [3.05, 3.63) is 60.0 Å². The summed E-state index contributed by atoms with van der Waals surface area (Å²) in [6.45, 7) is 6.98. The lowest BCUT2D eigenvalue weighted by Gasteiger charge is -2.19. The van der Waals surface area contributed by atoms with Gasteiger partial charge in [0.05, 0.1) is 17.8 Å². The van der Waals surface area contributed by atoms with Gasteiger partial charge in [-0.3, -0.25) is 0 Å². The highest BCUT2D eigenvalue weighted by molar-refractivity contribution is 5.94. The largest absolute Gasteiger partial charge is 0.370 e. The van der Waals surface area contributed by atoms with Crippen LogP contribution in [0.5, 0.6) is 0 Å². The molecule has 0 radical (unpaired) electrons. The Labute approximate surface area is 147 Å². The quantitative estimate of drug-likeness (QED) is 0.568. The molecule has 0 amide bonds. The monoisotopic (exact) mass is 333 g/mol. The van der Waals surface area contributed by atoms with Gasteiger partial charge in [-0.15, -0.1) is 0 Å². The first-order chi connectivity index (χ1) is 11.9. The van der Waals surface area contributed by atoms with Crippen molar-refractivity contribution in [2.45, 2.75) is 32.7 Å². The van der Waals surface area contributed by atoms with Gasteiger partial charge in [-0.05, 0) is 16.5 Å². The van der Waals surface area contributed by atoms with E-state index >= 15 is 0 Å². The van der Waals surface area contributed by atoms with E-state index in [1.807, 2.05) is 12.1 Å². The summed E-state index contributed by atoms with van der Waals surface area (Å²) in [5, 5.41) is 0.963. The average Bonchev–Trinajstić information content (AvgIpc) is 2.58. The number of aromatic nitrogens is 2. The molecule has 1 heterocycles. The first kappa shape index (κ1) is 16.9. The van der Waals surface area contributed by atoms with Crippen LogP contribution >= 0.6 is 0 Å². The average molecular weight is 333 g/mol. The lowest BCUT2D eigenvalue weighted by molar-refractivity contribution is 0.590. The van der Waals surface area contributed by atoms with Crippen LogP contribution in [0.4, 0.5) is 0 Å². The van der Waals surface area contributed by atoms with E-state index in [0.717, 1.165) is 27.7 Å². The van der Waals surface area contributed by atoms with Gasteiger partial charge in [0.25, 0.3) is 0 Å². The van der Waals surface area contributed by atoms with Crippen molar-refractivity contribution in [3.8, 4) is 11.1 Å². The predicted molar refractivity (Wildman–Crippen MR) is 103 cm³/mol. The third-order valence-electron chi connectivity index (χ3n) is 4.22. The highest BCUT2D eigenvalue weighted by atomic mass is 15.0. The molecule has 0 spiro atoms. The zero-order chi connectivity index (χ0) is 18.0. The van der Waals surface area contributed by atoms with E-state index in [1.54, 1.807) is 6.33 Å². The summed E-state index contributed by atoms with van der Waals surface area (Å²) >= 11 is 0. The molecule has 0 aliphatic carbocycles. The molecule has 2 aromatic carbocycles. The molecule has 0 saturated carbocycles. The fourth-order valence-electron chi connectivity index (χ4n) is 2.82. The Morgan fingerprint density at radius 3 is 2.36 bits per heavy atom. The first-order valence-corrected chi connectivity index (χ1v) is 8.25. The van der Waals surface area contributed by atoms with Crippen LogP contribution in [-0.4, -0.2) is 15.9 Å². The molecule has 0 atom stereocenters. The van der Waals surface area contributed by atoms with Crippen molar-refractivity contribution < 1.29 is 0 Å². The summed E-state index contributed by atoms with van der Waals surface area (Å²) in [4.78, 5) is 12.9. The smallest absolute Gasteiger partial charge is 0.186 e. The number of para-hydroxylation sites is 1. The number of hydrogen-bond donors (Lipinski definition) is 2. The molecule has 3 rings (SSSR count). The number of fused-ring (bicyclic) bond motifs is 1. The van der Waals surface area contributed by atoms with Crippen molar-refractivity contribution in [2.24, 2.45) is 16.5 Å². The number of nitrogens with two attached hydrogens (primary N) is 2. The molecule has 25 heavy (non-hydrogen) atoms. The van der Waals surface area contributed by atoms with E-state index in [9.17, 15) is 0 Å². The number of guanidine groups is 1. The molecule has 0 saturated heterocycles. The molecule has 3 aromatic rings. The second-order valence-corrected chi connectivity index (χ2v) is 7.09. The highest BCUT2D eigenvalue weighted by Crippen LogP contribution is 2.30. The van der Waals surface area contributed by atoms with E-state index in [-0.39, 0.29) is 11.4 Å². The number of hydrogen-bond acceptors (Lipinski definition) is 3. The molecular weight excluding hydrogens is 310 g/mol. The van der Waals surface area contributed by atoms with Crippen LogP contribution < -0.4 is 11.5 Å². The zero-order valence-electron chi connectivity index (χ0n) is 14.8. The molecule has 128 valence electrons. The van der Waals surface area contributed by atoms with E-state index in [0.29, 0.717) is 6.54 Å². The summed E-state index contributed by atoms with van der Waals surface area (Å²) in [6, 6.07) is 14.7. The predicted octanol–water partition coefficient (Wildman–Crippen LogP) is 3.37. The Morgan fingerprint density at radius 1 is 1.00 bits per heavy atom. The van der Waals surface area contributed by atoms with Gasteiger partial charge in [0.15, 0.2) is 5.96 Å². The van der Waals surface area contributed by atoms with Gasteiger partial charge in [-0.2, -0.15) is 0 Å². The molecule has 0 unspecified atom stereocenters. The lowest BCUT2D eigenvalue weighted by Crippen LogP contribution is -2.22. The van der Waals surface area contributed by atoms with E-state index in [4.69, 9.17) is 11.5 Å². The maximum absolute atomic E-state index is 5.44. The fourth-order valence-corrected chi connectivity index (χ4v) is 2.82. The molecule has 0 aliphatic rings. The van der Waals surface area contributed by atoms with E-state index in [1.165, 1.54) is 5.56 Å². The van der Waals surface area contributed by atoms with Crippen molar-refractivity contribution in [3.63, 3.8) is 0 Å². The van der Waals surface area contributed by atoms with Crippen LogP contribution in [-0.2, 0) is 12.0 Å². The molecule has 4 N–H and O–H groups in total. The number of nitrogens with zero attached hydrogens (tertiary/aromatic N) is 3. The SMILES string of the molecule is CC(C)(C)c1ccc(-c2cccc3c(CN=C(N)N)ncnc23)cc1. The van der Waals surface area contributed by atoms with E-state index in [2.05, 4.69) is 66.1 Å². The molecule has 1 aromatic heterocycles. The summed E-state index contributed by atoms with van der Waals surface area (Å²) in [7, 11) is 0. The fraction of sp³-hybridized carbons (Fsp3) is 0.250. The van der Waals surface area contributed by atoms with Gasteiger partial charge in [0.2, 0.25) is 0 Å². The minimum absolute atomic E-state index is 0.0562. The van der Waals surface area contributed by atoms with Crippen molar-refractivity contribution in [1.29, 1.82) is 0 Å². The molecule has 5 heteroatoms. The third-order valence-corrected chi connectivity index (χ3v) is 4.22. The Kier molecular flexibility index (Phi) is 4.40. The maximum Gasteiger partial charge on any atom is 0.186 e. The van der Waals surface area contributed by atoms with Crippen LogP contribution in [0.15, 0.2) is 53.8 Å². The van der Waals surface area contributed by atoms with Gasteiger partial charge in [0.1, 0.15) is 6.33 Å². The molecule has 0 bridgehead atoms. The second kappa shape index (κ2) is 6.51. The minimum atomic E-state index is 0.0562. The highest BCUT2D eigenvalue weighted by Gasteiger charge is 2.14. The zero-order valence-corrected chi connectivity index (χ0v) is 14.8. The summed E-state index contributed by atoms with van der Waals surface area (Å²) in [5.41, 5.74) is 16.2. The Morgan fingerprint density at radius 2 is 1.72 bits per heavy atom. The number of aliphatic imine (C=N–C) groups is 1. The van der Waals surface area contributed by atoms with Crippen LogP contribution in [0.25, 0.3) is 22.0 Å². The van der Waals surface area contributed by atoms with Crippen molar-refractivity contribution in [1.82, 2.24) is 9.97 Å². The molecule has 0 fully saturated rings. The number of benzene rings is 2. The Balaban J connectivity index is 2.08. The topological polar surface area (TPSA) is 90.2 Å². The van der Waals surface area contributed by atoms with Gasteiger partial charge in [-0.1, -0.05) is 63.2 Å². The molecule has 5 nitrogen and oxygen atoms in total. The minimum Gasteiger partial charge on any atom is -0.370 e. The standard InChI is InChI=1S/C20H23N5/c1-20(2,3)14-9-7-13(8-10-14)15-5-4-6-16-17(11-23-19(21)22)24-12-25-18(15)16/h4-10,12H,11H2,1-3H3,(H4,21,22,23). The summed E-state index contributed by atoms with van der Waals surface area (Å²) < 4.78 is 0. The van der Waals surface area contributed by atoms with Crippen molar-refractivity contribution in [2.75, 3.05) is 0 Å². The maximum atomic E-state index is 5.44. The van der Waals surface area contributed by atoms with Gasteiger partial charge >= 0.3 is 0 Å². The Hall–Kier alpha value is -2.95. The second-order valence-electron chi connectivity index (χ2n) is 7.09. The Bertz CT molecular complexity index is 917. The van der Waals surface area contributed by atoms with Crippen LogP contribution in [0.1, 0.15) is 32.0 Å². The van der Waals surface area contributed by atoms with Gasteiger partial charge in [0, 0.05) is 10.9 Å². The van der Waals surface area contributed by atoms with Gasteiger partial charge in [-0.25, -0.2) is 15.0 Å². The normalized spacial score (nSPS) is 11.5. The van der Waals surface area contributed by atoms with Crippen LogP contribution in [0.3, 0.4) is 0 Å². The van der Waals surface area contributed by atoms with Crippen molar-refractivity contribution >= 4 is 16.9 Å². The molecular formula is C20H23N5. The number of rotatable bonds is 3. The van der Waals surface area contributed by atoms with Crippen LogP contribution in [0, 0.1) is 0 Å².